The molecule has 2 aromatic heterocycles. The Labute approximate surface area is 216 Å². The number of aromatic nitrogens is 3. The Kier molecular flexibility index (Phi) is 6.85. The summed E-state index contributed by atoms with van der Waals surface area (Å²) in [6.07, 6.45) is -11.2. The number of hydrogen-bond donors (Lipinski definition) is 1. The van der Waals surface area contributed by atoms with Gasteiger partial charge in [0, 0.05) is 41.9 Å². The second-order valence-corrected chi connectivity index (χ2v) is 9.57. The minimum Gasteiger partial charge on any atom is -0.493 e. The maximum atomic E-state index is 14.6. The van der Waals surface area contributed by atoms with Crippen molar-refractivity contribution in [2.75, 3.05) is 7.11 Å². The lowest BCUT2D eigenvalue weighted by Crippen LogP contribution is -2.46. The molecule has 14 heteroatoms. The van der Waals surface area contributed by atoms with Crippen molar-refractivity contribution in [2.45, 2.75) is 50.7 Å². The number of ether oxygens (including phenoxy) is 2. The van der Waals surface area contributed by atoms with Crippen LogP contribution in [0.2, 0.25) is 0 Å². The number of rotatable bonds is 4. The van der Waals surface area contributed by atoms with E-state index in [0.717, 1.165) is 36.9 Å². The van der Waals surface area contributed by atoms with Crippen molar-refractivity contribution in [3.63, 3.8) is 0 Å². The van der Waals surface area contributed by atoms with Crippen LogP contribution >= 0.6 is 0 Å². The number of benzene rings is 1. The minimum absolute atomic E-state index is 0.0297. The van der Waals surface area contributed by atoms with Gasteiger partial charge in [-0.2, -0.15) is 35.8 Å². The summed E-state index contributed by atoms with van der Waals surface area (Å²) in [6.45, 7) is 3.39. The van der Waals surface area contributed by atoms with Crippen LogP contribution in [0.15, 0.2) is 29.1 Å². The van der Waals surface area contributed by atoms with Gasteiger partial charge in [0.1, 0.15) is 6.10 Å². The Morgan fingerprint density at radius 3 is 2.28 bits per heavy atom. The fourth-order valence-electron chi connectivity index (χ4n) is 5.11. The second-order valence-electron chi connectivity index (χ2n) is 9.57. The van der Waals surface area contributed by atoms with Crippen LogP contribution in [0.4, 0.5) is 35.1 Å². The Balaban J connectivity index is 1.90. The zero-order chi connectivity index (χ0) is 29.2. The maximum absolute atomic E-state index is 14.6. The summed E-state index contributed by atoms with van der Waals surface area (Å²) in [5, 5.41) is 3.39. The highest BCUT2D eigenvalue weighted by molar-refractivity contribution is 5.63. The Morgan fingerprint density at radius 1 is 1.13 bits per heavy atom. The summed E-state index contributed by atoms with van der Waals surface area (Å²) in [6, 6.07) is 3.44. The highest BCUT2D eigenvalue weighted by atomic mass is 19.4. The molecule has 1 aromatic carbocycles. The van der Waals surface area contributed by atoms with Crippen LogP contribution in [0.5, 0.6) is 5.75 Å². The molecule has 4 rings (SSSR count). The van der Waals surface area contributed by atoms with Crippen LogP contribution in [0, 0.1) is 24.5 Å². The molecule has 3 aromatic rings. The van der Waals surface area contributed by atoms with E-state index in [9.17, 15) is 39.9 Å². The maximum Gasteiger partial charge on any atom is 0.435 e. The molecule has 3 heterocycles. The molecule has 1 N–H and O–H groups in total. The Morgan fingerprint density at radius 2 is 1.77 bits per heavy atom. The van der Waals surface area contributed by atoms with Crippen molar-refractivity contribution < 1.29 is 44.6 Å². The number of halogens is 8. The van der Waals surface area contributed by atoms with E-state index in [1.165, 1.54) is 20.9 Å². The normalized spacial score (nSPS) is 23.9. The molecule has 0 spiro atoms. The summed E-state index contributed by atoms with van der Waals surface area (Å²) < 4.78 is 122. The molecule has 1 fully saturated rings. The third kappa shape index (κ3) is 4.57. The predicted octanol–water partition coefficient (Wildman–Crippen LogP) is 6.20. The molecule has 0 bridgehead atoms. The quantitative estimate of drug-likeness (QED) is 0.383. The number of H-pyrrole nitrogens is 1. The summed E-state index contributed by atoms with van der Waals surface area (Å²) in [5.41, 5.74) is -5.41. The van der Waals surface area contributed by atoms with Gasteiger partial charge in [-0.15, -0.1) is 0 Å². The van der Waals surface area contributed by atoms with Crippen LogP contribution in [0.25, 0.3) is 11.3 Å². The number of methoxy groups -OCH3 is 1. The molecule has 0 amide bonds. The number of alkyl halides is 6. The third-order valence-corrected chi connectivity index (χ3v) is 7.28. The monoisotopic (exact) mass is 565 g/mol. The Bertz CT molecular complexity index is 1480. The van der Waals surface area contributed by atoms with Crippen LogP contribution in [0.1, 0.15) is 48.5 Å². The predicted molar refractivity (Wildman–Crippen MR) is 122 cm³/mol. The van der Waals surface area contributed by atoms with Gasteiger partial charge < -0.3 is 14.5 Å². The first-order chi connectivity index (χ1) is 17.9. The molecule has 0 radical (unpaired) electrons. The molecule has 39 heavy (non-hydrogen) atoms. The highest BCUT2D eigenvalue weighted by Gasteiger charge is 2.65. The lowest BCUT2D eigenvalue weighted by molar-refractivity contribution is -0.275. The van der Waals surface area contributed by atoms with Crippen molar-refractivity contribution in [3.8, 4) is 17.0 Å². The average Bonchev–Trinajstić information content (AvgIpc) is 3.33. The summed E-state index contributed by atoms with van der Waals surface area (Å²) >= 11 is 0. The van der Waals surface area contributed by atoms with Gasteiger partial charge in [-0.1, -0.05) is 13.0 Å². The van der Waals surface area contributed by atoms with Crippen LogP contribution in [-0.4, -0.2) is 33.7 Å². The number of hydrogen-bond acceptors (Lipinski definition) is 4. The molecule has 1 saturated heterocycles. The molecule has 0 unspecified atom stereocenters. The van der Waals surface area contributed by atoms with Crippen molar-refractivity contribution in [1.82, 2.24) is 14.8 Å². The number of aryl methyl sites for hydroxylation is 2. The lowest BCUT2D eigenvalue weighted by atomic mass is 9.76. The second kappa shape index (κ2) is 9.35. The van der Waals surface area contributed by atoms with Gasteiger partial charge in [0.2, 0.25) is 5.82 Å². The molecule has 6 nitrogen and oxygen atoms in total. The van der Waals surface area contributed by atoms with Crippen LogP contribution in [0.3, 0.4) is 0 Å². The fourth-order valence-corrected chi connectivity index (χ4v) is 5.11. The van der Waals surface area contributed by atoms with Crippen LogP contribution in [-0.2, 0) is 18.0 Å². The van der Waals surface area contributed by atoms with Gasteiger partial charge >= 0.3 is 12.4 Å². The third-order valence-electron chi connectivity index (χ3n) is 7.28. The molecule has 212 valence electrons. The van der Waals surface area contributed by atoms with Crippen LogP contribution < -0.4 is 10.2 Å². The number of aromatic amines is 1. The molecule has 0 saturated carbocycles. The molecule has 1 aliphatic heterocycles. The topological polar surface area (TPSA) is 69.1 Å². The first kappa shape index (κ1) is 28.6. The van der Waals surface area contributed by atoms with Gasteiger partial charge in [-0.3, -0.25) is 9.48 Å². The van der Waals surface area contributed by atoms with E-state index in [0.29, 0.717) is 6.07 Å². The van der Waals surface area contributed by atoms with Crippen molar-refractivity contribution in [3.05, 3.63) is 68.8 Å². The molecular weight excluding hydrogens is 542 g/mol. The van der Waals surface area contributed by atoms with E-state index in [4.69, 9.17) is 9.47 Å². The van der Waals surface area contributed by atoms with Gasteiger partial charge in [0.05, 0.1) is 18.4 Å². The SMILES string of the molecule is COc1c([C@H]2[C@H](c3cc(=O)c(-c4cc(C(F)(F)F)nn4C)c(C)[nH]3)O[C@@](C)(C(F)(F)F)[C@H]2C)ccc(F)c1F. The first-order valence-electron chi connectivity index (χ1n) is 11.5. The fraction of sp³-hybridized carbons (Fsp3) is 0.440. The smallest absolute Gasteiger partial charge is 0.435 e. The van der Waals surface area contributed by atoms with Gasteiger partial charge in [0.15, 0.2) is 28.3 Å². The van der Waals surface area contributed by atoms with E-state index in [1.54, 1.807) is 0 Å². The molecule has 1 aliphatic rings. The molecular formula is C25H23F8N3O3. The van der Waals surface area contributed by atoms with Gasteiger partial charge in [-0.05, 0) is 26.0 Å². The Hall–Kier alpha value is -3.42. The largest absolute Gasteiger partial charge is 0.493 e. The highest BCUT2D eigenvalue weighted by Crippen LogP contribution is 2.59. The minimum atomic E-state index is -4.90. The number of pyridine rings is 1. The van der Waals surface area contributed by atoms with E-state index in [2.05, 4.69) is 10.1 Å². The van der Waals surface area contributed by atoms with E-state index < -0.39 is 64.4 Å². The average molecular weight is 565 g/mol. The van der Waals surface area contributed by atoms with E-state index in [-0.39, 0.29) is 28.2 Å². The standard InChI is InChI=1S/C25H23F8N3O3/c1-10-18(12-6-7-13(26)20(27)21(12)38-5)22(39-23(10,3)25(31,32)33)14-8-16(37)19(11(2)34-14)15-9-17(24(28,29)30)35-36(15)4/h6-10,18,22H,1-5H3,(H,34,37)/t10-,18-,22-,23+/m0/s1. The van der Waals surface area contributed by atoms with Gasteiger partial charge in [-0.25, -0.2) is 4.39 Å². The lowest BCUT2D eigenvalue weighted by Gasteiger charge is -2.32. The molecule has 4 atom stereocenters. The zero-order valence-corrected chi connectivity index (χ0v) is 21.2. The molecule has 0 aliphatic carbocycles. The number of nitrogens with one attached hydrogen (secondary N) is 1. The van der Waals surface area contributed by atoms with Crippen molar-refractivity contribution in [2.24, 2.45) is 13.0 Å². The van der Waals surface area contributed by atoms with E-state index in [1.807, 2.05) is 0 Å². The summed E-state index contributed by atoms with van der Waals surface area (Å²) in [5.74, 6) is -5.96. The van der Waals surface area contributed by atoms with Crippen molar-refractivity contribution >= 4 is 0 Å². The van der Waals surface area contributed by atoms with Crippen molar-refractivity contribution in [1.29, 1.82) is 0 Å². The van der Waals surface area contributed by atoms with Gasteiger partial charge in [0.25, 0.3) is 0 Å². The number of nitrogens with zero attached hydrogens (tertiary/aromatic N) is 2. The first-order valence-corrected chi connectivity index (χ1v) is 11.5. The summed E-state index contributed by atoms with van der Waals surface area (Å²) in [7, 11) is 2.24. The summed E-state index contributed by atoms with van der Waals surface area (Å²) in [4.78, 5) is 16.0. The zero-order valence-electron chi connectivity index (χ0n) is 21.2. The van der Waals surface area contributed by atoms with E-state index >= 15 is 0 Å².